The maximum atomic E-state index is 12.4. The van der Waals surface area contributed by atoms with E-state index in [1.807, 2.05) is 43.3 Å². The van der Waals surface area contributed by atoms with Crippen molar-refractivity contribution < 1.29 is 33.7 Å². The van der Waals surface area contributed by atoms with Crippen LogP contribution in [0.25, 0.3) is 10.8 Å². The van der Waals surface area contributed by atoms with Gasteiger partial charge in [-0.15, -0.1) is 10.1 Å². The van der Waals surface area contributed by atoms with E-state index in [4.69, 9.17) is 18.9 Å². The van der Waals surface area contributed by atoms with Crippen LogP contribution in [-0.4, -0.2) is 44.6 Å². The molecule has 0 bridgehead atoms. The third kappa shape index (κ3) is 6.99. The van der Waals surface area contributed by atoms with Gasteiger partial charge in [-0.3, -0.25) is 4.79 Å². The molecular formula is C24H25NO8. The first kappa shape index (κ1) is 23.6. The zero-order valence-electron chi connectivity index (χ0n) is 18.4. The fourth-order valence-corrected chi connectivity index (χ4v) is 3.10. The standard InChI is InChI=1S/C24H25NO8/c1-17(18-3-4-20-16-23(29-2)6-5-19(20)15-18)24(26)32-12-11-30-21-7-9-22(10-8-21)31-13-14-33-25(27)28/h3-10,15-17H,11-14H2,1-2H3/t17-/m0/s1. The Balaban J connectivity index is 1.41. The van der Waals surface area contributed by atoms with E-state index in [9.17, 15) is 14.9 Å². The van der Waals surface area contributed by atoms with Gasteiger partial charge in [0.2, 0.25) is 0 Å². The van der Waals surface area contributed by atoms with Crippen LogP contribution < -0.4 is 14.2 Å². The summed E-state index contributed by atoms with van der Waals surface area (Å²) in [6.45, 7) is 2.03. The average Bonchev–Trinajstić information content (AvgIpc) is 2.83. The zero-order chi connectivity index (χ0) is 23.6. The van der Waals surface area contributed by atoms with E-state index >= 15 is 0 Å². The van der Waals surface area contributed by atoms with Crippen molar-refractivity contribution in [3.05, 3.63) is 76.3 Å². The molecule has 3 rings (SSSR count). The topological polar surface area (TPSA) is 106 Å². The average molecular weight is 455 g/mol. The Labute approximate surface area is 190 Å². The number of hydrogen-bond acceptors (Lipinski definition) is 8. The third-order valence-electron chi connectivity index (χ3n) is 4.89. The summed E-state index contributed by atoms with van der Waals surface area (Å²) >= 11 is 0. The fourth-order valence-electron chi connectivity index (χ4n) is 3.10. The minimum absolute atomic E-state index is 0.0563. The molecule has 0 N–H and O–H groups in total. The van der Waals surface area contributed by atoms with Gasteiger partial charge in [0.1, 0.15) is 43.7 Å². The number of methoxy groups -OCH3 is 1. The van der Waals surface area contributed by atoms with Gasteiger partial charge in [0.25, 0.3) is 5.09 Å². The Morgan fingerprint density at radius 3 is 2.06 bits per heavy atom. The van der Waals surface area contributed by atoms with Crippen molar-refractivity contribution in [2.24, 2.45) is 0 Å². The SMILES string of the molecule is COc1ccc2cc([C@H](C)C(=O)OCCOc3ccc(OCCO[N+](=O)[O-])cc3)ccc2c1. The Morgan fingerprint density at radius 1 is 0.848 bits per heavy atom. The predicted molar refractivity (Wildman–Crippen MR) is 120 cm³/mol. The minimum atomic E-state index is -0.868. The van der Waals surface area contributed by atoms with Crippen molar-refractivity contribution >= 4 is 16.7 Å². The lowest BCUT2D eigenvalue weighted by atomic mass is 9.98. The lowest BCUT2D eigenvalue weighted by Gasteiger charge is -2.13. The highest BCUT2D eigenvalue weighted by Gasteiger charge is 2.17. The summed E-state index contributed by atoms with van der Waals surface area (Å²) in [5, 5.41) is 11.3. The van der Waals surface area contributed by atoms with Gasteiger partial charge in [0.15, 0.2) is 0 Å². The first-order valence-corrected chi connectivity index (χ1v) is 10.3. The molecule has 0 fully saturated rings. The summed E-state index contributed by atoms with van der Waals surface area (Å²) in [5.74, 6) is 1.16. The van der Waals surface area contributed by atoms with E-state index in [1.165, 1.54) is 0 Å². The molecule has 1 atom stereocenters. The quantitative estimate of drug-likeness (QED) is 0.173. The number of rotatable bonds is 12. The normalized spacial score (nSPS) is 11.5. The Morgan fingerprint density at radius 2 is 1.42 bits per heavy atom. The van der Waals surface area contributed by atoms with E-state index in [1.54, 1.807) is 31.4 Å². The predicted octanol–water partition coefficient (Wildman–Crippen LogP) is 4.16. The number of hydrogen-bond donors (Lipinski definition) is 0. The number of fused-ring (bicyclic) bond motifs is 1. The lowest BCUT2D eigenvalue weighted by molar-refractivity contribution is -0.757. The van der Waals surface area contributed by atoms with Crippen LogP contribution >= 0.6 is 0 Å². The Bertz CT molecular complexity index is 1080. The molecule has 0 aliphatic rings. The molecule has 0 spiro atoms. The molecule has 0 aliphatic carbocycles. The van der Waals surface area contributed by atoms with Crippen LogP contribution in [0.1, 0.15) is 18.4 Å². The molecule has 9 nitrogen and oxygen atoms in total. The number of ether oxygens (including phenoxy) is 4. The van der Waals surface area contributed by atoms with Crippen LogP contribution in [-0.2, 0) is 14.4 Å². The lowest BCUT2D eigenvalue weighted by Crippen LogP contribution is -2.17. The molecule has 3 aromatic carbocycles. The molecule has 3 aromatic rings. The molecule has 0 unspecified atom stereocenters. The molecule has 0 aromatic heterocycles. The summed E-state index contributed by atoms with van der Waals surface area (Å²) in [5.41, 5.74) is 0.873. The monoisotopic (exact) mass is 455 g/mol. The largest absolute Gasteiger partial charge is 0.497 e. The maximum Gasteiger partial charge on any atom is 0.313 e. The molecule has 0 saturated carbocycles. The van der Waals surface area contributed by atoms with Crippen molar-refractivity contribution in [3.8, 4) is 17.2 Å². The zero-order valence-corrected chi connectivity index (χ0v) is 18.4. The van der Waals surface area contributed by atoms with Crippen molar-refractivity contribution in [2.75, 3.05) is 33.5 Å². The van der Waals surface area contributed by atoms with Crippen LogP contribution in [0.4, 0.5) is 0 Å². The highest BCUT2D eigenvalue weighted by molar-refractivity contribution is 5.86. The number of benzene rings is 3. The van der Waals surface area contributed by atoms with Gasteiger partial charge in [-0.1, -0.05) is 24.3 Å². The van der Waals surface area contributed by atoms with Gasteiger partial charge in [-0.05, 0) is 59.7 Å². The third-order valence-corrected chi connectivity index (χ3v) is 4.89. The maximum absolute atomic E-state index is 12.4. The second kappa shape index (κ2) is 11.6. The Kier molecular flexibility index (Phi) is 8.29. The molecule has 33 heavy (non-hydrogen) atoms. The van der Waals surface area contributed by atoms with Crippen LogP contribution in [0.15, 0.2) is 60.7 Å². The molecular weight excluding hydrogens is 430 g/mol. The first-order chi connectivity index (χ1) is 16.0. The van der Waals surface area contributed by atoms with Gasteiger partial charge in [-0.25, -0.2) is 0 Å². The van der Waals surface area contributed by atoms with Crippen LogP contribution in [0.5, 0.6) is 17.2 Å². The van der Waals surface area contributed by atoms with Crippen molar-refractivity contribution in [1.82, 2.24) is 0 Å². The fraction of sp³-hybridized carbons (Fsp3) is 0.292. The summed E-state index contributed by atoms with van der Waals surface area (Å²) in [6.07, 6.45) is 0. The highest BCUT2D eigenvalue weighted by atomic mass is 17.0. The molecule has 0 amide bonds. The van der Waals surface area contributed by atoms with Crippen LogP contribution in [0, 0.1) is 10.1 Å². The molecule has 174 valence electrons. The number of carbonyl (C=O) groups excluding carboxylic acids is 1. The van der Waals surface area contributed by atoms with Gasteiger partial charge in [0, 0.05) is 0 Å². The van der Waals surface area contributed by atoms with Crippen molar-refractivity contribution in [2.45, 2.75) is 12.8 Å². The van der Waals surface area contributed by atoms with E-state index < -0.39 is 11.0 Å². The van der Waals surface area contributed by atoms with E-state index in [2.05, 4.69) is 4.84 Å². The summed E-state index contributed by atoms with van der Waals surface area (Å²) in [4.78, 5) is 26.7. The number of esters is 1. The molecule has 0 heterocycles. The first-order valence-electron chi connectivity index (χ1n) is 10.3. The molecule has 0 saturated heterocycles. The van der Waals surface area contributed by atoms with E-state index in [0.29, 0.717) is 11.5 Å². The summed E-state index contributed by atoms with van der Waals surface area (Å²) in [6, 6.07) is 18.4. The summed E-state index contributed by atoms with van der Waals surface area (Å²) in [7, 11) is 1.63. The van der Waals surface area contributed by atoms with Crippen molar-refractivity contribution in [1.29, 1.82) is 0 Å². The van der Waals surface area contributed by atoms with Gasteiger partial charge < -0.3 is 23.8 Å². The molecule has 9 heteroatoms. The van der Waals surface area contributed by atoms with E-state index in [-0.39, 0.29) is 32.4 Å². The Hall–Kier alpha value is -4.01. The van der Waals surface area contributed by atoms with Crippen LogP contribution in [0.2, 0.25) is 0 Å². The minimum Gasteiger partial charge on any atom is -0.497 e. The van der Waals surface area contributed by atoms with Gasteiger partial charge in [0.05, 0.1) is 13.0 Å². The molecule has 0 aliphatic heterocycles. The smallest absolute Gasteiger partial charge is 0.313 e. The second-order valence-electron chi connectivity index (χ2n) is 7.09. The number of nitrogens with zero attached hydrogens (tertiary/aromatic N) is 1. The van der Waals surface area contributed by atoms with Crippen LogP contribution in [0.3, 0.4) is 0 Å². The highest BCUT2D eigenvalue weighted by Crippen LogP contribution is 2.26. The van der Waals surface area contributed by atoms with Gasteiger partial charge >= 0.3 is 5.97 Å². The van der Waals surface area contributed by atoms with Crippen molar-refractivity contribution in [3.63, 3.8) is 0 Å². The van der Waals surface area contributed by atoms with Gasteiger partial charge in [-0.2, -0.15) is 0 Å². The second-order valence-corrected chi connectivity index (χ2v) is 7.09. The number of carbonyl (C=O) groups is 1. The summed E-state index contributed by atoms with van der Waals surface area (Å²) < 4.78 is 21.5. The molecule has 0 radical (unpaired) electrons. The van der Waals surface area contributed by atoms with E-state index in [0.717, 1.165) is 22.1 Å².